The molecule has 1 atom stereocenters. The van der Waals surface area contributed by atoms with Crippen molar-refractivity contribution in [1.29, 1.82) is 5.41 Å². The van der Waals surface area contributed by atoms with Crippen LogP contribution in [0.2, 0.25) is 0 Å². The van der Waals surface area contributed by atoms with Crippen molar-refractivity contribution in [3.63, 3.8) is 0 Å². The molecule has 0 fully saturated rings. The molecule has 0 aliphatic heterocycles. The first kappa shape index (κ1) is 25.0. The molecule has 0 unspecified atom stereocenters. The van der Waals surface area contributed by atoms with Crippen LogP contribution in [0.15, 0.2) is 48.5 Å². The van der Waals surface area contributed by atoms with Gasteiger partial charge in [-0.1, -0.05) is 48.5 Å². The Balaban J connectivity index is 0.00000363. The lowest BCUT2D eigenvalue weighted by atomic mass is 9.98. The molecule has 4 N–H and O–H groups in total. The Morgan fingerprint density at radius 3 is 2.19 bits per heavy atom. The molecule has 0 bridgehead atoms. The number of guanidine groups is 1. The largest absolute Gasteiger partial charge is 0.480 e. The SMILES string of the molecule is CN(C)C(=N)NCCC[C@H](NC(=O)OCC1c2ccccc2-c2ccccc21)C(=O)O.Cl. The lowest BCUT2D eigenvalue weighted by Gasteiger charge is -2.18. The molecule has 2 aromatic carbocycles. The number of aliphatic carboxylic acids is 1. The fraction of sp³-hybridized carbons (Fsp3) is 0.348. The number of benzene rings is 2. The first-order chi connectivity index (χ1) is 14.9. The summed E-state index contributed by atoms with van der Waals surface area (Å²) in [6, 6.07) is 15.0. The fourth-order valence-electron chi connectivity index (χ4n) is 3.71. The second-order valence-corrected chi connectivity index (χ2v) is 7.67. The Bertz CT molecular complexity index is 921. The molecule has 1 aliphatic carbocycles. The summed E-state index contributed by atoms with van der Waals surface area (Å²) in [5.41, 5.74) is 4.46. The van der Waals surface area contributed by atoms with E-state index in [1.54, 1.807) is 19.0 Å². The maximum atomic E-state index is 12.3. The third-order valence-electron chi connectivity index (χ3n) is 5.34. The van der Waals surface area contributed by atoms with Crippen LogP contribution in [0, 0.1) is 5.41 Å². The number of carboxylic acids is 1. The van der Waals surface area contributed by atoms with Crippen molar-refractivity contribution in [3.05, 3.63) is 59.7 Å². The Morgan fingerprint density at radius 2 is 1.66 bits per heavy atom. The van der Waals surface area contributed by atoms with Crippen LogP contribution in [0.25, 0.3) is 11.1 Å². The molecular formula is C23H29ClN4O4. The standard InChI is InChI=1S/C23H28N4O4.ClH/c1-27(2)22(24)25-13-7-12-20(21(28)29)26-23(30)31-14-19-17-10-5-3-8-15(17)16-9-4-6-11-18(16)19;/h3-6,8-11,19-20H,7,12-14H2,1-2H3,(H2,24,25)(H,26,30)(H,28,29);1H/t20-;/m0./s1. The Morgan fingerprint density at radius 1 is 1.09 bits per heavy atom. The number of alkyl carbamates (subject to hydrolysis) is 1. The van der Waals surface area contributed by atoms with Gasteiger partial charge in [0.05, 0.1) is 0 Å². The van der Waals surface area contributed by atoms with Gasteiger partial charge in [-0.3, -0.25) is 5.41 Å². The number of carbonyl (C=O) groups excluding carboxylic acids is 1. The maximum absolute atomic E-state index is 12.3. The lowest BCUT2D eigenvalue weighted by molar-refractivity contribution is -0.139. The van der Waals surface area contributed by atoms with Crippen molar-refractivity contribution in [2.24, 2.45) is 0 Å². The number of fused-ring (bicyclic) bond motifs is 3. The van der Waals surface area contributed by atoms with Gasteiger partial charge in [0.2, 0.25) is 0 Å². The number of halogens is 1. The zero-order valence-electron chi connectivity index (χ0n) is 18.1. The van der Waals surface area contributed by atoms with Crippen molar-refractivity contribution >= 4 is 30.4 Å². The smallest absolute Gasteiger partial charge is 0.407 e. The molecule has 172 valence electrons. The van der Waals surface area contributed by atoms with Gasteiger partial charge in [-0.05, 0) is 35.1 Å². The average Bonchev–Trinajstić information content (AvgIpc) is 3.07. The molecule has 0 saturated carbocycles. The average molecular weight is 461 g/mol. The minimum Gasteiger partial charge on any atom is -0.480 e. The summed E-state index contributed by atoms with van der Waals surface area (Å²) < 4.78 is 5.43. The highest BCUT2D eigenvalue weighted by Crippen LogP contribution is 2.44. The van der Waals surface area contributed by atoms with Crippen LogP contribution >= 0.6 is 12.4 Å². The van der Waals surface area contributed by atoms with E-state index in [1.807, 2.05) is 36.4 Å². The number of amides is 1. The van der Waals surface area contributed by atoms with E-state index in [9.17, 15) is 14.7 Å². The van der Waals surface area contributed by atoms with Gasteiger partial charge in [-0.2, -0.15) is 0 Å². The number of nitrogens with zero attached hydrogens (tertiary/aromatic N) is 1. The minimum absolute atomic E-state index is 0. The predicted molar refractivity (Wildman–Crippen MR) is 126 cm³/mol. The molecule has 0 aromatic heterocycles. The molecule has 0 spiro atoms. The molecule has 3 rings (SSSR count). The molecule has 9 heteroatoms. The molecule has 1 aliphatic rings. The van der Waals surface area contributed by atoms with Gasteiger partial charge in [0.25, 0.3) is 0 Å². The van der Waals surface area contributed by atoms with Crippen molar-refractivity contribution in [3.8, 4) is 11.1 Å². The quantitative estimate of drug-likeness (QED) is 0.273. The van der Waals surface area contributed by atoms with Crippen LogP contribution in [0.1, 0.15) is 29.9 Å². The summed E-state index contributed by atoms with van der Waals surface area (Å²) in [6.45, 7) is 0.570. The van der Waals surface area contributed by atoms with Crippen molar-refractivity contribution in [2.75, 3.05) is 27.2 Å². The third-order valence-corrected chi connectivity index (χ3v) is 5.34. The van der Waals surface area contributed by atoms with Gasteiger partial charge >= 0.3 is 12.1 Å². The number of ether oxygens (including phenoxy) is 1. The number of rotatable bonds is 8. The Labute approximate surface area is 193 Å². The van der Waals surface area contributed by atoms with E-state index in [0.717, 1.165) is 22.3 Å². The minimum atomic E-state index is -1.11. The van der Waals surface area contributed by atoms with E-state index in [2.05, 4.69) is 22.8 Å². The summed E-state index contributed by atoms with van der Waals surface area (Å²) in [6.07, 6.45) is -0.0346. The normalized spacial score (nSPS) is 12.6. The summed E-state index contributed by atoms with van der Waals surface area (Å²) in [5.74, 6) is -0.949. The van der Waals surface area contributed by atoms with E-state index >= 15 is 0 Å². The molecule has 1 amide bonds. The zero-order chi connectivity index (χ0) is 22.4. The monoisotopic (exact) mass is 460 g/mol. The highest BCUT2D eigenvalue weighted by atomic mass is 35.5. The second-order valence-electron chi connectivity index (χ2n) is 7.67. The Kier molecular flexibility index (Phi) is 8.90. The van der Waals surface area contributed by atoms with Crippen molar-refractivity contribution < 1.29 is 19.4 Å². The number of hydrogen-bond donors (Lipinski definition) is 4. The number of nitrogens with one attached hydrogen (secondary N) is 3. The number of hydrogen-bond acceptors (Lipinski definition) is 4. The van der Waals surface area contributed by atoms with E-state index in [-0.39, 0.29) is 37.3 Å². The highest BCUT2D eigenvalue weighted by Gasteiger charge is 2.29. The fourth-order valence-corrected chi connectivity index (χ4v) is 3.71. The van der Waals surface area contributed by atoms with Gasteiger partial charge < -0.3 is 25.4 Å². The first-order valence-electron chi connectivity index (χ1n) is 10.2. The van der Waals surface area contributed by atoms with E-state index in [1.165, 1.54) is 0 Å². The van der Waals surface area contributed by atoms with Gasteiger partial charge in [0.15, 0.2) is 5.96 Å². The number of carbonyl (C=O) groups is 2. The van der Waals surface area contributed by atoms with Crippen LogP contribution < -0.4 is 10.6 Å². The van der Waals surface area contributed by atoms with Gasteiger partial charge in [-0.15, -0.1) is 12.4 Å². The highest BCUT2D eigenvalue weighted by molar-refractivity contribution is 5.85. The van der Waals surface area contributed by atoms with Gasteiger partial charge in [-0.25, -0.2) is 9.59 Å². The van der Waals surface area contributed by atoms with Crippen molar-refractivity contribution in [1.82, 2.24) is 15.5 Å². The molecule has 8 nitrogen and oxygen atoms in total. The molecule has 0 radical (unpaired) electrons. The lowest BCUT2D eigenvalue weighted by Crippen LogP contribution is -2.42. The van der Waals surface area contributed by atoms with Crippen LogP contribution in [-0.4, -0.2) is 61.3 Å². The van der Waals surface area contributed by atoms with Crippen LogP contribution in [0.5, 0.6) is 0 Å². The zero-order valence-corrected chi connectivity index (χ0v) is 18.9. The van der Waals surface area contributed by atoms with E-state index < -0.39 is 18.1 Å². The van der Waals surface area contributed by atoms with Gasteiger partial charge in [0, 0.05) is 26.6 Å². The van der Waals surface area contributed by atoms with E-state index in [4.69, 9.17) is 10.1 Å². The maximum Gasteiger partial charge on any atom is 0.407 e. The second kappa shape index (κ2) is 11.4. The number of carboxylic acid groups (broad SMARTS) is 1. The van der Waals surface area contributed by atoms with Crippen LogP contribution in [0.3, 0.4) is 0 Å². The summed E-state index contributed by atoms with van der Waals surface area (Å²) >= 11 is 0. The van der Waals surface area contributed by atoms with Crippen LogP contribution in [-0.2, 0) is 9.53 Å². The first-order valence-corrected chi connectivity index (χ1v) is 10.2. The molecule has 0 heterocycles. The van der Waals surface area contributed by atoms with Crippen molar-refractivity contribution in [2.45, 2.75) is 24.8 Å². The van der Waals surface area contributed by atoms with Crippen LogP contribution in [0.4, 0.5) is 4.79 Å². The molecule has 2 aromatic rings. The summed E-state index contributed by atoms with van der Waals surface area (Å²) in [5, 5.41) is 22.4. The Hall–Kier alpha value is -3.26. The topological polar surface area (TPSA) is 115 Å². The summed E-state index contributed by atoms with van der Waals surface area (Å²) in [4.78, 5) is 25.4. The molecule has 32 heavy (non-hydrogen) atoms. The third kappa shape index (κ3) is 5.91. The predicted octanol–water partition coefficient (Wildman–Crippen LogP) is 3.27. The summed E-state index contributed by atoms with van der Waals surface area (Å²) in [7, 11) is 3.49. The van der Waals surface area contributed by atoms with E-state index in [0.29, 0.717) is 13.0 Å². The molecule has 0 saturated heterocycles. The molecular weight excluding hydrogens is 432 g/mol. The van der Waals surface area contributed by atoms with Gasteiger partial charge in [0.1, 0.15) is 12.6 Å².